The molecule has 0 amide bonds. The Balaban J connectivity index is 1.52. The van der Waals surface area contributed by atoms with Crippen molar-refractivity contribution in [1.82, 2.24) is 0 Å². The first-order valence-electron chi connectivity index (χ1n) is 9.92. The van der Waals surface area contributed by atoms with E-state index in [2.05, 4.69) is 0 Å². The van der Waals surface area contributed by atoms with Crippen molar-refractivity contribution in [3.05, 3.63) is 88.7 Å². The molecular formula is C25H23FO3. The third-order valence-corrected chi connectivity index (χ3v) is 5.86. The molecule has 0 saturated heterocycles. The fourth-order valence-electron chi connectivity index (χ4n) is 4.25. The Morgan fingerprint density at radius 3 is 2.48 bits per heavy atom. The molecule has 1 unspecified atom stereocenters. The van der Waals surface area contributed by atoms with Crippen LogP contribution in [0.4, 0.5) is 4.39 Å². The molecule has 29 heavy (non-hydrogen) atoms. The predicted octanol–water partition coefficient (Wildman–Crippen LogP) is 5.63. The topological polar surface area (TPSA) is 57.5 Å². The highest BCUT2D eigenvalue weighted by atomic mass is 19.1. The van der Waals surface area contributed by atoms with E-state index in [9.17, 15) is 19.4 Å². The zero-order valence-corrected chi connectivity index (χ0v) is 16.1. The summed E-state index contributed by atoms with van der Waals surface area (Å²) in [7, 11) is 0. The normalized spacial score (nSPS) is 15.7. The van der Waals surface area contributed by atoms with Crippen molar-refractivity contribution in [3.63, 3.8) is 0 Å². The first-order valence-corrected chi connectivity index (χ1v) is 9.92. The lowest BCUT2D eigenvalue weighted by Crippen LogP contribution is -2.15. The van der Waals surface area contributed by atoms with Crippen LogP contribution in [0.15, 0.2) is 60.7 Å². The molecule has 1 aliphatic carbocycles. The molecule has 0 aromatic heterocycles. The van der Waals surface area contributed by atoms with E-state index in [4.69, 9.17) is 0 Å². The standard InChI is InChI=1S/C25H23FO3/c26-22-9-5-17(6-10-22)19-8-12-24(25(28)29)21(14-19)4-2-16-1-3-20-15-23(27)11-7-18(20)13-16/h5-12,14-16,27H,1-4,13H2,(H,28,29). The summed E-state index contributed by atoms with van der Waals surface area (Å²) in [6.07, 6.45) is 4.53. The number of carbonyl (C=O) groups is 1. The predicted molar refractivity (Wildman–Crippen MR) is 111 cm³/mol. The maximum atomic E-state index is 13.2. The summed E-state index contributed by atoms with van der Waals surface area (Å²) in [5.41, 5.74) is 5.40. The van der Waals surface area contributed by atoms with Crippen LogP contribution in [0.2, 0.25) is 0 Å². The van der Waals surface area contributed by atoms with Gasteiger partial charge in [-0.15, -0.1) is 0 Å². The SMILES string of the molecule is O=C(O)c1ccc(-c2ccc(F)cc2)cc1CCC1CCc2cc(O)ccc2C1. The van der Waals surface area contributed by atoms with Crippen LogP contribution in [0.1, 0.15) is 39.9 Å². The van der Waals surface area contributed by atoms with E-state index in [0.717, 1.165) is 42.4 Å². The van der Waals surface area contributed by atoms with E-state index in [1.807, 2.05) is 18.2 Å². The Hall–Kier alpha value is -3.14. The number of benzene rings is 3. The highest BCUT2D eigenvalue weighted by Crippen LogP contribution is 2.31. The van der Waals surface area contributed by atoms with Gasteiger partial charge in [-0.1, -0.05) is 30.3 Å². The third kappa shape index (κ3) is 4.32. The molecule has 0 saturated carbocycles. The summed E-state index contributed by atoms with van der Waals surface area (Å²) in [5, 5.41) is 19.2. The van der Waals surface area contributed by atoms with Gasteiger partial charge in [0.15, 0.2) is 0 Å². The molecule has 4 heteroatoms. The van der Waals surface area contributed by atoms with Gasteiger partial charge in [0.1, 0.15) is 11.6 Å². The largest absolute Gasteiger partial charge is 0.508 e. The van der Waals surface area contributed by atoms with Gasteiger partial charge in [-0.2, -0.15) is 0 Å². The van der Waals surface area contributed by atoms with Gasteiger partial charge >= 0.3 is 5.97 Å². The third-order valence-electron chi connectivity index (χ3n) is 5.86. The van der Waals surface area contributed by atoms with Gasteiger partial charge in [-0.05, 0) is 96.2 Å². The molecule has 3 nitrogen and oxygen atoms in total. The second-order valence-corrected chi connectivity index (χ2v) is 7.78. The lowest BCUT2D eigenvalue weighted by molar-refractivity contribution is 0.0695. The molecule has 0 heterocycles. The van der Waals surface area contributed by atoms with Crippen LogP contribution in [0.25, 0.3) is 11.1 Å². The minimum absolute atomic E-state index is 0.290. The van der Waals surface area contributed by atoms with Crippen LogP contribution >= 0.6 is 0 Å². The van der Waals surface area contributed by atoms with Crippen LogP contribution in [0.3, 0.4) is 0 Å². The minimum atomic E-state index is -0.921. The Labute approximate surface area is 169 Å². The number of fused-ring (bicyclic) bond motifs is 1. The molecule has 0 spiro atoms. The molecule has 0 bridgehead atoms. The van der Waals surface area contributed by atoms with Gasteiger partial charge in [-0.25, -0.2) is 9.18 Å². The maximum Gasteiger partial charge on any atom is 0.335 e. The summed E-state index contributed by atoms with van der Waals surface area (Å²) in [6.45, 7) is 0. The number of halogens is 1. The second kappa shape index (κ2) is 8.08. The highest BCUT2D eigenvalue weighted by molar-refractivity contribution is 5.90. The van der Waals surface area contributed by atoms with Crippen molar-refractivity contribution in [2.75, 3.05) is 0 Å². The van der Waals surface area contributed by atoms with Gasteiger partial charge in [0.05, 0.1) is 5.56 Å². The first kappa shape index (κ1) is 19.2. The molecule has 2 N–H and O–H groups in total. The lowest BCUT2D eigenvalue weighted by atomic mass is 9.80. The number of aryl methyl sites for hydroxylation is 2. The molecule has 3 aromatic carbocycles. The molecule has 0 fully saturated rings. The van der Waals surface area contributed by atoms with Crippen LogP contribution < -0.4 is 0 Å². The number of hydrogen-bond donors (Lipinski definition) is 2. The second-order valence-electron chi connectivity index (χ2n) is 7.78. The summed E-state index contributed by atoms with van der Waals surface area (Å²) < 4.78 is 13.2. The fourth-order valence-corrected chi connectivity index (χ4v) is 4.25. The Morgan fingerprint density at radius 1 is 0.966 bits per heavy atom. The van der Waals surface area contributed by atoms with Gasteiger partial charge in [0, 0.05) is 0 Å². The molecule has 148 valence electrons. The number of phenolic OH excluding ortho intramolecular Hbond substituents is 1. The van der Waals surface area contributed by atoms with Crippen molar-refractivity contribution < 1.29 is 19.4 Å². The fraction of sp³-hybridized carbons (Fsp3) is 0.240. The molecule has 0 radical (unpaired) electrons. The lowest BCUT2D eigenvalue weighted by Gasteiger charge is -2.25. The summed E-state index contributed by atoms with van der Waals surface area (Å²) in [4.78, 5) is 11.7. The first-order chi connectivity index (χ1) is 14.0. The quantitative estimate of drug-likeness (QED) is 0.593. The van der Waals surface area contributed by atoms with Crippen LogP contribution in [-0.4, -0.2) is 16.2 Å². The monoisotopic (exact) mass is 390 g/mol. The molecule has 4 rings (SSSR count). The van der Waals surface area contributed by atoms with E-state index in [1.54, 1.807) is 30.3 Å². The van der Waals surface area contributed by atoms with E-state index < -0.39 is 5.97 Å². The summed E-state index contributed by atoms with van der Waals surface area (Å²) >= 11 is 0. The van der Waals surface area contributed by atoms with Crippen LogP contribution in [-0.2, 0) is 19.3 Å². The van der Waals surface area contributed by atoms with Gasteiger partial charge < -0.3 is 10.2 Å². The zero-order valence-electron chi connectivity index (χ0n) is 16.1. The summed E-state index contributed by atoms with van der Waals surface area (Å²) in [5.74, 6) is -0.411. The number of hydrogen-bond acceptors (Lipinski definition) is 2. The summed E-state index contributed by atoms with van der Waals surface area (Å²) in [6, 6.07) is 17.2. The van der Waals surface area contributed by atoms with Crippen molar-refractivity contribution in [1.29, 1.82) is 0 Å². The number of aromatic carboxylic acids is 1. The Kier molecular flexibility index (Phi) is 5.34. The van der Waals surface area contributed by atoms with E-state index in [0.29, 0.717) is 23.7 Å². The van der Waals surface area contributed by atoms with E-state index in [1.165, 1.54) is 23.3 Å². The van der Waals surface area contributed by atoms with E-state index in [-0.39, 0.29) is 5.82 Å². The van der Waals surface area contributed by atoms with Crippen molar-refractivity contribution in [3.8, 4) is 16.9 Å². The van der Waals surface area contributed by atoms with Gasteiger partial charge in [-0.3, -0.25) is 0 Å². The smallest absolute Gasteiger partial charge is 0.335 e. The van der Waals surface area contributed by atoms with Crippen molar-refractivity contribution >= 4 is 5.97 Å². The Bertz CT molecular complexity index is 1040. The number of aromatic hydroxyl groups is 1. The molecule has 3 aromatic rings. The highest BCUT2D eigenvalue weighted by Gasteiger charge is 2.20. The average Bonchev–Trinajstić information content (AvgIpc) is 2.72. The number of phenols is 1. The van der Waals surface area contributed by atoms with Crippen molar-refractivity contribution in [2.45, 2.75) is 32.1 Å². The molecular weight excluding hydrogens is 367 g/mol. The minimum Gasteiger partial charge on any atom is -0.508 e. The van der Waals surface area contributed by atoms with Crippen LogP contribution in [0, 0.1) is 11.7 Å². The molecule has 0 aliphatic heterocycles. The number of carboxylic acid groups (broad SMARTS) is 1. The number of carboxylic acids is 1. The van der Waals surface area contributed by atoms with Gasteiger partial charge in [0.2, 0.25) is 0 Å². The molecule has 1 aliphatic rings. The number of rotatable bonds is 5. The Morgan fingerprint density at radius 2 is 1.72 bits per heavy atom. The van der Waals surface area contributed by atoms with Crippen LogP contribution in [0.5, 0.6) is 5.75 Å². The van der Waals surface area contributed by atoms with E-state index >= 15 is 0 Å². The molecule has 1 atom stereocenters. The average molecular weight is 390 g/mol. The maximum absolute atomic E-state index is 13.2. The van der Waals surface area contributed by atoms with Crippen molar-refractivity contribution in [2.24, 2.45) is 5.92 Å². The zero-order chi connectivity index (χ0) is 20.4. The van der Waals surface area contributed by atoms with Gasteiger partial charge in [0.25, 0.3) is 0 Å².